The molecular formula is C16H26N2S. The van der Waals surface area contributed by atoms with Crippen molar-refractivity contribution in [3.8, 4) is 0 Å². The molecular weight excluding hydrogens is 252 g/mol. The van der Waals surface area contributed by atoms with Gasteiger partial charge in [0.15, 0.2) is 0 Å². The van der Waals surface area contributed by atoms with Gasteiger partial charge in [0.25, 0.3) is 0 Å². The number of hydrogen-bond acceptors (Lipinski definition) is 3. The molecule has 1 aromatic heterocycles. The molecule has 3 rings (SSSR count). The van der Waals surface area contributed by atoms with Crippen LogP contribution >= 0.6 is 11.3 Å². The lowest BCUT2D eigenvalue weighted by molar-refractivity contribution is 0.230. The Balaban J connectivity index is 1.87. The molecule has 2 aliphatic carbocycles. The predicted octanol–water partition coefficient (Wildman–Crippen LogP) is 4.42. The maximum atomic E-state index is 4.96. The first-order valence-electron chi connectivity index (χ1n) is 7.83. The van der Waals surface area contributed by atoms with Crippen molar-refractivity contribution < 1.29 is 0 Å². The summed E-state index contributed by atoms with van der Waals surface area (Å²) in [6.45, 7) is 6.88. The molecule has 3 heteroatoms. The summed E-state index contributed by atoms with van der Waals surface area (Å²) in [5, 5.41) is 7.52. The second kappa shape index (κ2) is 5.17. The van der Waals surface area contributed by atoms with Gasteiger partial charge >= 0.3 is 0 Å². The summed E-state index contributed by atoms with van der Waals surface area (Å²) in [5.74, 6) is 1.32. The normalized spacial score (nSPS) is 24.0. The molecule has 106 valence electrons. The monoisotopic (exact) mass is 278 g/mol. The summed E-state index contributed by atoms with van der Waals surface area (Å²) < 4.78 is 0. The van der Waals surface area contributed by atoms with Gasteiger partial charge in [0.1, 0.15) is 5.01 Å². The van der Waals surface area contributed by atoms with Crippen molar-refractivity contribution in [2.24, 2.45) is 5.92 Å². The van der Waals surface area contributed by atoms with Crippen LogP contribution in [0.3, 0.4) is 0 Å². The van der Waals surface area contributed by atoms with Crippen molar-refractivity contribution in [1.82, 2.24) is 10.3 Å². The third-order valence-corrected chi connectivity index (χ3v) is 5.91. The maximum Gasteiger partial charge on any atom is 0.113 e. The molecule has 0 aliphatic heterocycles. The van der Waals surface area contributed by atoms with E-state index in [9.17, 15) is 0 Å². The Labute approximate surface area is 121 Å². The van der Waals surface area contributed by atoms with Crippen LogP contribution in [0, 0.1) is 5.92 Å². The Morgan fingerprint density at radius 1 is 1.26 bits per heavy atom. The topological polar surface area (TPSA) is 24.9 Å². The minimum absolute atomic E-state index is 0.121. The first-order valence-corrected chi connectivity index (χ1v) is 8.71. The lowest BCUT2D eigenvalue weighted by Gasteiger charge is -2.35. The molecule has 1 aromatic rings. The highest BCUT2D eigenvalue weighted by molar-refractivity contribution is 7.09. The van der Waals surface area contributed by atoms with E-state index in [0.29, 0.717) is 5.92 Å². The van der Waals surface area contributed by atoms with E-state index in [4.69, 9.17) is 4.98 Å². The summed E-state index contributed by atoms with van der Waals surface area (Å²) in [4.78, 5) is 4.96. The van der Waals surface area contributed by atoms with Crippen molar-refractivity contribution in [3.63, 3.8) is 0 Å². The largest absolute Gasteiger partial charge is 0.303 e. The van der Waals surface area contributed by atoms with Crippen molar-refractivity contribution in [2.75, 3.05) is 0 Å². The zero-order valence-electron chi connectivity index (χ0n) is 12.4. The fourth-order valence-electron chi connectivity index (χ4n) is 3.30. The minimum atomic E-state index is 0.121. The Morgan fingerprint density at radius 2 is 1.95 bits per heavy atom. The van der Waals surface area contributed by atoms with Crippen LogP contribution in [-0.4, -0.2) is 11.0 Å². The summed E-state index contributed by atoms with van der Waals surface area (Å²) >= 11 is 1.87. The molecule has 0 aromatic carbocycles. The van der Waals surface area contributed by atoms with E-state index in [1.807, 2.05) is 11.3 Å². The SMILES string of the molecule is CC(C)c1csc(C(C)(NC2CC2)C2CCCC2)n1. The fraction of sp³-hybridized carbons (Fsp3) is 0.812. The van der Waals surface area contributed by atoms with Crippen LogP contribution in [0.1, 0.15) is 75.9 Å². The molecule has 0 radical (unpaired) electrons. The molecule has 2 fully saturated rings. The van der Waals surface area contributed by atoms with Gasteiger partial charge in [0.05, 0.1) is 11.2 Å². The minimum Gasteiger partial charge on any atom is -0.303 e. The molecule has 1 unspecified atom stereocenters. The third kappa shape index (κ3) is 2.73. The van der Waals surface area contributed by atoms with E-state index in [2.05, 4.69) is 31.5 Å². The van der Waals surface area contributed by atoms with Gasteiger partial charge in [0, 0.05) is 11.4 Å². The molecule has 0 amide bonds. The van der Waals surface area contributed by atoms with Gasteiger partial charge in [-0.25, -0.2) is 4.98 Å². The number of hydrogen-bond donors (Lipinski definition) is 1. The van der Waals surface area contributed by atoms with Crippen LogP contribution in [0.25, 0.3) is 0 Å². The zero-order valence-corrected chi connectivity index (χ0v) is 13.2. The first-order chi connectivity index (χ1) is 9.09. The molecule has 2 saturated carbocycles. The highest BCUT2D eigenvalue weighted by Gasteiger charge is 2.43. The first kappa shape index (κ1) is 13.6. The second-order valence-corrected chi connectivity index (χ2v) is 7.69. The summed E-state index contributed by atoms with van der Waals surface area (Å²) in [7, 11) is 0. The Hall–Kier alpha value is -0.410. The van der Waals surface area contributed by atoms with Gasteiger partial charge < -0.3 is 5.32 Å². The fourth-order valence-corrected chi connectivity index (χ4v) is 4.48. The van der Waals surface area contributed by atoms with E-state index >= 15 is 0 Å². The average molecular weight is 278 g/mol. The highest BCUT2D eigenvalue weighted by atomic mass is 32.1. The van der Waals surface area contributed by atoms with E-state index in [-0.39, 0.29) is 5.54 Å². The van der Waals surface area contributed by atoms with Gasteiger partial charge in [-0.05, 0) is 44.4 Å². The van der Waals surface area contributed by atoms with Gasteiger partial charge in [-0.15, -0.1) is 11.3 Å². The smallest absolute Gasteiger partial charge is 0.113 e. The number of nitrogens with zero attached hydrogens (tertiary/aromatic N) is 1. The summed E-state index contributed by atoms with van der Waals surface area (Å²) in [6.07, 6.45) is 8.24. The van der Waals surface area contributed by atoms with Crippen molar-refractivity contribution in [3.05, 3.63) is 16.1 Å². The Kier molecular flexibility index (Phi) is 3.69. The van der Waals surface area contributed by atoms with Crippen LogP contribution in [0.4, 0.5) is 0 Å². The van der Waals surface area contributed by atoms with E-state index < -0.39 is 0 Å². The van der Waals surface area contributed by atoms with Gasteiger partial charge in [-0.1, -0.05) is 26.7 Å². The third-order valence-electron chi connectivity index (χ3n) is 4.81. The molecule has 1 atom stereocenters. The van der Waals surface area contributed by atoms with Crippen LogP contribution < -0.4 is 5.32 Å². The van der Waals surface area contributed by atoms with Gasteiger partial charge in [-0.2, -0.15) is 0 Å². The average Bonchev–Trinajstić information content (AvgIpc) is 2.93. The van der Waals surface area contributed by atoms with E-state index in [1.165, 1.54) is 49.2 Å². The van der Waals surface area contributed by atoms with Gasteiger partial charge in [-0.3, -0.25) is 0 Å². The second-order valence-electron chi connectivity index (χ2n) is 6.83. The Bertz CT molecular complexity index is 430. The van der Waals surface area contributed by atoms with Crippen LogP contribution in [-0.2, 0) is 5.54 Å². The molecule has 1 heterocycles. The number of aromatic nitrogens is 1. The molecule has 2 nitrogen and oxygen atoms in total. The predicted molar refractivity (Wildman–Crippen MR) is 81.7 cm³/mol. The summed E-state index contributed by atoms with van der Waals surface area (Å²) in [5.41, 5.74) is 1.39. The molecule has 1 N–H and O–H groups in total. The molecule has 2 aliphatic rings. The van der Waals surface area contributed by atoms with Crippen molar-refractivity contribution in [1.29, 1.82) is 0 Å². The lowest BCUT2D eigenvalue weighted by atomic mass is 9.84. The quantitative estimate of drug-likeness (QED) is 0.862. The van der Waals surface area contributed by atoms with Crippen LogP contribution in [0.15, 0.2) is 5.38 Å². The summed E-state index contributed by atoms with van der Waals surface area (Å²) in [6, 6.07) is 0.747. The molecule has 0 saturated heterocycles. The number of thiazole rings is 1. The standard InChI is InChI=1S/C16H26N2S/c1-11(2)14-10-19-15(17-14)16(3,18-13-8-9-13)12-6-4-5-7-12/h10-13,18H,4-9H2,1-3H3. The lowest BCUT2D eigenvalue weighted by Crippen LogP contribution is -2.46. The molecule has 0 spiro atoms. The maximum absolute atomic E-state index is 4.96. The zero-order chi connectivity index (χ0) is 13.5. The van der Waals surface area contributed by atoms with Crippen LogP contribution in [0.2, 0.25) is 0 Å². The highest BCUT2D eigenvalue weighted by Crippen LogP contribution is 2.43. The number of rotatable bonds is 5. The molecule has 0 bridgehead atoms. The van der Waals surface area contributed by atoms with E-state index in [1.54, 1.807) is 0 Å². The van der Waals surface area contributed by atoms with Crippen molar-refractivity contribution >= 4 is 11.3 Å². The Morgan fingerprint density at radius 3 is 2.47 bits per heavy atom. The van der Waals surface area contributed by atoms with E-state index in [0.717, 1.165) is 12.0 Å². The van der Waals surface area contributed by atoms with Crippen molar-refractivity contribution in [2.45, 2.75) is 76.8 Å². The molecule has 19 heavy (non-hydrogen) atoms. The number of nitrogens with one attached hydrogen (secondary N) is 1. The van der Waals surface area contributed by atoms with Crippen LogP contribution in [0.5, 0.6) is 0 Å². The van der Waals surface area contributed by atoms with Gasteiger partial charge in [0.2, 0.25) is 0 Å².